The normalized spacial score (nSPS) is 16.4. The van der Waals surface area contributed by atoms with Crippen LogP contribution in [-0.2, 0) is 9.53 Å². The third-order valence-electron chi connectivity index (χ3n) is 2.79. The molecule has 0 N–H and O–H groups in total. The first-order valence-electron chi connectivity index (χ1n) is 5.93. The number of allylic oxidation sites excluding steroid dienone is 1. The van der Waals surface area contributed by atoms with E-state index in [4.69, 9.17) is 4.74 Å². The molecule has 1 saturated heterocycles. The van der Waals surface area contributed by atoms with Gasteiger partial charge in [-0.1, -0.05) is 24.3 Å². The van der Waals surface area contributed by atoms with Crippen molar-refractivity contribution >= 4 is 18.0 Å². The highest BCUT2D eigenvalue weighted by Gasteiger charge is 2.10. The molecule has 0 spiro atoms. The van der Waals surface area contributed by atoms with E-state index in [-0.39, 0.29) is 0 Å². The molecule has 1 aromatic carbocycles. The highest BCUT2D eigenvalue weighted by Crippen LogP contribution is 2.18. The summed E-state index contributed by atoms with van der Waals surface area (Å²) in [5, 5.41) is 0. The molecule has 0 aromatic heterocycles. The third kappa shape index (κ3) is 3.43. The zero-order valence-corrected chi connectivity index (χ0v) is 9.84. The fourth-order valence-electron chi connectivity index (χ4n) is 1.91. The van der Waals surface area contributed by atoms with Crippen LogP contribution in [-0.4, -0.2) is 32.6 Å². The highest BCUT2D eigenvalue weighted by atomic mass is 16.5. The molecule has 90 valence electrons. The number of rotatable bonds is 4. The molecule has 1 heterocycles. The van der Waals surface area contributed by atoms with Gasteiger partial charge in [-0.05, 0) is 17.7 Å². The standard InChI is InChI=1S/C14H17NO2/c16-9-2-1-4-13-5-3-6-14(12-13)15-7-10-17-11-8-15/h1,3-6,9,12H,2,7-8,10-11H2. The van der Waals surface area contributed by atoms with Crippen molar-refractivity contribution in [1.82, 2.24) is 0 Å². The summed E-state index contributed by atoms with van der Waals surface area (Å²) in [6.45, 7) is 3.49. The lowest BCUT2D eigenvalue weighted by Crippen LogP contribution is -2.36. The summed E-state index contributed by atoms with van der Waals surface area (Å²) in [6, 6.07) is 8.35. The molecular formula is C14H17NO2. The summed E-state index contributed by atoms with van der Waals surface area (Å²) >= 11 is 0. The van der Waals surface area contributed by atoms with Crippen molar-refractivity contribution in [2.24, 2.45) is 0 Å². The first kappa shape index (κ1) is 11.9. The van der Waals surface area contributed by atoms with E-state index >= 15 is 0 Å². The van der Waals surface area contributed by atoms with Crippen molar-refractivity contribution < 1.29 is 9.53 Å². The summed E-state index contributed by atoms with van der Waals surface area (Å²) in [5.41, 5.74) is 2.36. The maximum absolute atomic E-state index is 10.2. The van der Waals surface area contributed by atoms with Crippen LogP contribution in [0.3, 0.4) is 0 Å². The molecule has 17 heavy (non-hydrogen) atoms. The van der Waals surface area contributed by atoms with Crippen molar-refractivity contribution in [3.8, 4) is 0 Å². The predicted octanol–water partition coefficient (Wildman–Crippen LogP) is 2.13. The van der Waals surface area contributed by atoms with Crippen LogP contribution in [0.25, 0.3) is 6.08 Å². The fraction of sp³-hybridized carbons (Fsp3) is 0.357. The van der Waals surface area contributed by atoms with Gasteiger partial charge in [-0.25, -0.2) is 0 Å². The lowest BCUT2D eigenvalue weighted by Gasteiger charge is -2.29. The van der Waals surface area contributed by atoms with Crippen LogP contribution < -0.4 is 4.90 Å². The maximum Gasteiger partial charge on any atom is 0.123 e. The first-order valence-corrected chi connectivity index (χ1v) is 5.93. The van der Waals surface area contributed by atoms with Gasteiger partial charge < -0.3 is 14.4 Å². The van der Waals surface area contributed by atoms with E-state index in [1.807, 2.05) is 24.3 Å². The monoisotopic (exact) mass is 231 g/mol. The first-order chi connectivity index (χ1) is 8.40. The topological polar surface area (TPSA) is 29.5 Å². The second-order valence-corrected chi connectivity index (χ2v) is 4.00. The van der Waals surface area contributed by atoms with Crippen molar-refractivity contribution in [3.63, 3.8) is 0 Å². The lowest BCUT2D eigenvalue weighted by molar-refractivity contribution is -0.107. The SMILES string of the molecule is O=CCC=Cc1cccc(N2CCOCC2)c1. The number of anilines is 1. The van der Waals surface area contributed by atoms with Crippen LogP contribution in [0.1, 0.15) is 12.0 Å². The molecule has 0 unspecified atom stereocenters. The van der Waals surface area contributed by atoms with Gasteiger partial charge in [0.2, 0.25) is 0 Å². The number of aldehydes is 1. The van der Waals surface area contributed by atoms with E-state index in [0.717, 1.165) is 38.2 Å². The third-order valence-corrected chi connectivity index (χ3v) is 2.79. The minimum atomic E-state index is 0.474. The fourth-order valence-corrected chi connectivity index (χ4v) is 1.91. The van der Waals surface area contributed by atoms with Crippen LogP contribution >= 0.6 is 0 Å². The molecule has 0 atom stereocenters. The summed E-state index contributed by atoms with van der Waals surface area (Å²) in [5.74, 6) is 0. The van der Waals surface area contributed by atoms with E-state index in [0.29, 0.717) is 6.42 Å². The molecule has 3 nitrogen and oxygen atoms in total. The van der Waals surface area contributed by atoms with Crippen molar-refractivity contribution in [2.75, 3.05) is 31.2 Å². The molecule has 0 radical (unpaired) electrons. The number of benzene rings is 1. The Kier molecular flexibility index (Phi) is 4.33. The van der Waals surface area contributed by atoms with Gasteiger partial charge in [-0.2, -0.15) is 0 Å². The van der Waals surface area contributed by atoms with Gasteiger partial charge in [0.25, 0.3) is 0 Å². The Morgan fingerprint density at radius 2 is 2.12 bits per heavy atom. The quantitative estimate of drug-likeness (QED) is 0.743. The second-order valence-electron chi connectivity index (χ2n) is 4.00. The van der Waals surface area contributed by atoms with Gasteiger partial charge >= 0.3 is 0 Å². The van der Waals surface area contributed by atoms with E-state index in [1.54, 1.807) is 0 Å². The zero-order chi connectivity index (χ0) is 11.9. The van der Waals surface area contributed by atoms with Gasteiger partial charge in [0, 0.05) is 25.2 Å². The Morgan fingerprint density at radius 1 is 1.29 bits per heavy atom. The Morgan fingerprint density at radius 3 is 2.88 bits per heavy atom. The summed E-state index contributed by atoms with van der Waals surface area (Å²) < 4.78 is 5.34. The number of nitrogens with zero attached hydrogens (tertiary/aromatic N) is 1. The van der Waals surface area contributed by atoms with Crippen LogP contribution in [0, 0.1) is 0 Å². The molecule has 2 rings (SSSR count). The lowest BCUT2D eigenvalue weighted by atomic mass is 10.1. The molecule has 1 aliphatic rings. The molecule has 1 aliphatic heterocycles. The molecule has 1 aromatic rings. The van der Waals surface area contributed by atoms with Crippen LogP contribution in [0.15, 0.2) is 30.3 Å². The Labute approximate surface area is 102 Å². The van der Waals surface area contributed by atoms with Crippen LogP contribution in [0.2, 0.25) is 0 Å². The van der Waals surface area contributed by atoms with E-state index in [2.05, 4.69) is 17.0 Å². The van der Waals surface area contributed by atoms with E-state index in [1.165, 1.54) is 5.69 Å². The number of hydrogen-bond acceptors (Lipinski definition) is 3. The summed E-state index contributed by atoms with van der Waals surface area (Å²) in [7, 11) is 0. The molecule has 0 saturated carbocycles. The van der Waals surface area contributed by atoms with Gasteiger partial charge in [0.15, 0.2) is 0 Å². The zero-order valence-electron chi connectivity index (χ0n) is 9.84. The van der Waals surface area contributed by atoms with Gasteiger partial charge in [0.1, 0.15) is 6.29 Å². The van der Waals surface area contributed by atoms with Gasteiger partial charge in [0.05, 0.1) is 13.2 Å². The molecule has 0 aliphatic carbocycles. The largest absolute Gasteiger partial charge is 0.378 e. The molecule has 0 bridgehead atoms. The Balaban J connectivity index is 2.07. The average Bonchev–Trinajstić information content (AvgIpc) is 2.41. The minimum Gasteiger partial charge on any atom is -0.378 e. The Hall–Kier alpha value is -1.61. The Bertz CT molecular complexity index is 395. The highest BCUT2D eigenvalue weighted by molar-refractivity contribution is 5.61. The van der Waals surface area contributed by atoms with E-state index < -0.39 is 0 Å². The van der Waals surface area contributed by atoms with Gasteiger partial charge in [-0.15, -0.1) is 0 Å². The number of carbonyl (C=O) groups excluding carboxylic acids is 1. The molecule has 0 amide bonds. The molecule has 3 heteroatoms. The predicted molar refractivity (Wildman–Crippen MR) is 69.2 cm³/mol. The maximum atomic E-state index is 10.2. The number of hydrogen-bond donors (Lipinski definition) is 0. The van der Waals surface area contributed by atoms with Gasteiger partial charge in [-0.3, -0.25) is 0 Å². The van der Waals surface area contributed by atoms with Crippen LogP contribution in [0.4, 0.5) is 5.69 Å². The second kappa shape index (κ2) is 6.21. The smallest absolute Gasteiger partial charge is 0.123 e. The molecular weight excluding hydrogens is 214 g/mol. The number of carbonyl (C=O) groups is 1. The summed E-state index contributed by atoms with van der Waals surface area (Å²) in [6.07, 6.45) is 5.24. The average molecular weight is 231 g/mol. The van der Waals surface area contributed by atoms with Crippen molar-refractivity contribution in [2.45, 2.75) is 6.42 Å². The van der Waals surface area contributed by atoms with Crippen molar-refractivity contribution in [3.05, 3.63) is 35.9 Å². The van der Waals surface area contributed by atoms with Crippen molar-refractivity contribution in [1.29, 1.82) is 0 Å². The number of ether oxygens (including phenoxy) is 1. The van der Waals surface area contributed by atoms with Crippen LogP contribution in [0.5, 0.6) is 0 Å². The molecule has 1 fully saturated rings. The van der Waals surface area contributed by atoms with E-state index in [9.17, 15) is 4.79 Å². The minimum absolute atomic E-state index is 0.474. The number of morpholine rings is 1. The summed E-state index contributed by atoms with van der Waals surface area (Å²) in [4.78, 5) is 12.6.